The van der Waals surface area contributed by atoms with E-state index >= 15 is 0 Å². The first-order valence-corrected chi connectivity index (χ1v) is 33.7. The Morgan fingerprint density at radius 1 is 0.163 bits per heavy atom. The highest BCUT2D eigenvalue weighted by atomic mass is 16.3. The summed E-state index contributed by atoms with van der Waals surface area (Å²) in [6, 6.07) is 119. The smallest absolute Gasteiger partial charge is 0.143 e. The fourth-order valence-electron chi connectivity index (χ4n) is 15.3. The van der Waals surface area contributed by atoms with Crippen LogP contribution in [0.2, 0.25) is 0 Å². The third-order valence-electron chi connectivity index (χ3n) is 19.9. The van der Waals surface area contributed by atoms with Crippen LogP contribution >= 0.6 is 0 Å². The Kier molecular flexibility index (Phi) is 14.2. The molecular weight excluding hydrogens is 1190 g/mol. The standard InChI is InChI=1S/2C33H22O.C29H20O/c1-21-8-6-15-29-31-28-13-5-3-10-25(28)20-30(33(31)34-32(21)29)24-18-16-23(17-19-24)27-14-7-11-22-9-2-4-12-26(22)27;1-21-20-25-9-3-5-12-28(25)31-30-15-7-14-29(33(30)34-32(21)31)24-18-16-23(17-19-24)27-13-6-10-22-8-2-4-11-26(22)27;1-19-18-21-12-5-6-14-23(21)27-26-17-9-16-25(29(26)30-28(19)27)24-15-8-7-13-22(24)20-10-3-2-4-11-20/h2*2-20H,1H3;2-18H,1H3. The van der Waals surface area contributed by atoms with Crippen LogP contribution in [0.1, 0.15) is 16.7 Å². The Morgan fingerprint density at radius 2 is 0.480 bits per heavy atom. The van der Waals surface area contributed by atoms with Gasteiger partial charge in [0.05, 0.1) is 0 Å². The van der Waals surface area contributed by atoms with E-state index in [1.165, 1.54) is 136 Å². The van der Waals surface area contributed by atoms with E-state index < -0.39 is 0 Å². The van der Waals surface area contributed by atoms with Crippen LogP contribution in [0.5, 0.6) is 0 Å². The van der Waals surface area contributed by atoms with Gasteiger partial charge in [-0.2, -0.15) is 0 Å². The minimum atomic E-state index is 0.954. The maximum atomic E-state index is 6.57. The normalized spacial score (nSPS) is 11.6. The molecule has 98 heavy (non-hydrogen) atoms. The highest BCUT2D eigenvalue weighted by molar-refractivity contribution is 6.25. The van der Waals surface area contributed by atoms with Gasteiger partial charge in [0.2, 0.25) is 0 Å². The molecule has 0 amide bonds. The van der Waals surface area contributed by atoms with Crippen molar-refractivity contribution in [3.8, 4) is 66.8 Å². The topological polar surface area (TPSA) is 39.4 Å². The van der Waals surface area contributed by atoms with Crippen molar-refractivity contribution < 1.29 is 13.3 Å². The molecule has 20 rings (SSSR count). The van der Waals surface area contributed by atoms with Crippen molar-refractivity contribution in [1.29, 1.82) is 0 Å². The average molecular weight is 1250 g/mol. The summed E-state index contributed by atoms with van der Waals surface area (Å²) < 4.78 is 19.7. The largest absolute Gasteiger partial charge is 0.455 e. The zero-order valence-corrected chi connectivity index (χ0v) is 54.5. The van der Waals surface area contributed by atoms with Crippen LogP contribution in [0, 0.1) is 20.8 Å². The molecule has 3 heterocycles. The van der Waals surface area contributed by atoms with Gasteiger partial charge in [-0.1, -0.05) is 315 Å². The Bertz CT molecular complexity index is 6490. The summed E-state index contributed by atoms with van der Waals surface area (Å²) in [5, 5.41) is 19.7. The third-order valence-corrected chi connectivity index (χ3v) is 19.9. The van der Waals surface area contributed by atoms with E-state index in [0.717, 1.165) is 66.9 Å². The molecule has 0 unspecified atom stereocenters. The van der Waals surface area contributed by atoms with E-state index in [9.17, 15) is 0 Å². The first-order valence-electron chi connectivity index (χ1n) is 33.7. The van der Waals surface area contributed by atoms with Crippen molar-refractivity contribution in [3.63, 3.8) is 0 Å². The van der Waals surface area contributed by atoms with Gasteiger partial charge in [-0.15, -0.1) is 0 Å². The number of rotatable bonds is 6. The summed E-state index contributed by atoms with van der Waals surface area (Å²) in [5.74, 6) is 0. The molecule has 3 heteroatoms. The number of para-hydroxylation sites is 3. The van der Waals surface area contributed by atoms with Gasteiger partial charge in [0, 0.05) is 49.0 Å². The van der Waals surface area contributed by atoms with Crippen molar-refractivity contribution in [2.75, 3.05) is 0 Å². The van der Waals surface area contributed by atoms with Crippen molar-refractivity contribution >= 4 is 120 Å². The third kappa shape index (κ3) is 9.89. The molecule has 20 aromatic rings. The lowest BCUT2D eigenvalue weighted by molar-refractivity contribution is 0.667. The Labute approximate surface area is 567 Å². The SMILES string of the molecule is Cc1cc2ccccc2c2c1oc1c(-c3ccc(-c4cccc5ccccc45)cc3)cccc12.Cc1cc2ccccc2c2c1oc1c(-c3ccccc3-c3ccccc3)cccc12.Cc1cccc2c1oc1c(-c3ccc(-c4cccc5ccccc45)cc3)cc3ccccc3c12. The first kappa shape index (κ1) is 58.1. The van der Waals surface area contributed by atoms with Crippen LogP contribution in [0.3, 0.4) is 0 Å². The molecule has 0 N–H and O–H groups in total. The van der Waals surface area contributed by atoms with E-state index in [-0.39, 0.29) is 0 Å². The summed E-state index contributed by atoms with van der Waals surface area (Å²) >= 11 is 0. The monoisotopic (exact) mass is 1250 g/mol. The summed E-state index contributed by atoms with van der Waals surface area (Å²) in [7, 11) is 0. The Morgan fingerprint density at radius 3 is 1.01 bits per heavy atom. The van der Waals surface area contributed by atoms with Crippen LogP contribution in [0.15, 0.2) is 347 Å². The molecule has 0 saturated carbocycles. The molecule has 0 spiro atoms. The Hall–Kier alpha value is -12.6. The van der Waals surface area contributed by atoms with Gasteiger partial charge in [0.1, 0.15) is 33.5 Å². The van der Waals surface area contributed by atoms with Gasteiger partial charge >= 0.3 is 0 Å². The van der Waals surface area contributed by atoms with Crippen LogP contribution in [0.25, 0.3) is 186 Å². The molecule has 0 fully saturated rings. The molecule has 0 aliphatic heterocycles. The Balaban J connectivity index is 0.000000107. The van der Waals surface area contributed by atoms with E-state index in [0.29, 0.717) is 0 Å². The van der Waals surface area contributed by atoms with Gasteiger partial charge in [0.25, 0.3) is 0 Å². The van der Waals surface area contributed by atoms with E-state index in [1.807, 2.05) is 0 Å². The summed E-state index contributed by atoms with van der Waals surface area (Å²) in [6.45, 7) is 6.39. The summed E-state index contributed by atoms with van der Waals surface area (Å²) in [6.07, 6.45) is 0. The average Bonchev–Trinajstić information content (AvgIpc) is 1.59. The van der Waals surface area contributed by atoms with Gasteiger partial charge in [0.15, 0.2) is 0 Å². The molecule has 0 aliphatic carbocycles. The molecular formula is C95H64O3. The number of benzene rings is 17. The van der Waals surface area contributed by atoms with Crippen molar-refractivity contribution in [2.24, 2.45) is 0 Å². The van der Waals surface area contributed by atoms with Crippen LogP contribution in [-0.2, 0) is 0 Å². The number of fused-ring (bicyclic) bond motifs is 17. The van der Waals surface area contributed by atoms with Gasteiger partial charge in [-0.05, 0) is 160 Å². The quantitative estimate of drug-likeness (QED) is 0.167. The summed E-state index contributed by atoms with van der Waals surface area (Å²) in [4.78, 5) is 0. The van der Waals surface area contributed by atoms with Gasteiger partial charge < -0.3 is 13.3 Å². The molecule has 3 aromatic heterocycles. The molecule has 0 bridgehead atoms. The van der Waals surface area contributed by atoms with Gasteiger partial charge in [-0.25, -0.2) is 0 Å². The lowest BCUT2D eigenvalue weighted by Crippen LogP contribution is -1.85. The fraction of sp³-hybridized carbons (Fsp3) is 0.0316. The molecule has 0 aliphatic rings. The molecule has 0 atom stereocenters. The van der Waals surface area contributed by atoms with Crippen molar-refractivity contribution in [1.82, 2.24) is 0 Å². The molecule has 462 valence electrons. The highest BCUT2D eigenvalue weighted by Gasteiger charge is 2.22. The van der Waals surface area contributed by atoms with Gasteiger partial charge in [-0.3, -0.25) is 0 Å². The minimum Gasteiger partial charge on any atom is -0.455 e. The number of furan rings is 3. The van der Waals surface area contributed by atoms with E-state index in [4.69, 9.17) is 13.3 Å². The zero-order chi connectivity index (χ0) is 65.4. The van der Waals surface area contributed by atoms with Crippen LogP contribution in [0.4, 0.5) is 0 Å². The molecule has 0 radical (unpaired) electrons. The highest BCUT2D eigenvalue weighted by Crippen LogP contribution is 2.46. The van der Waals surface area contributed by atoms with Crippen LogP contribution < -0.4 is 0 Å². The summed E-state index contributed by atoms with van der Waals surface area (Å²) in [5.41, 5.74) is 23.6. The number of hydrogen-bond donors (Lipinski definition) is 0. The lowest BCUT2D eigenvalue weighted by Gasteiger charge is -2.10. The second kappa shape index (κ2) is 24.0. The first-order chi connectivity index (χ1) is 48.4. The predicted octanol–water partition coefficient (Wildman–Crippen LogP) is 27.5. The van der Waals surface area contributed by atoms with Crippen LogP contribution in [-0.4, -0.2) is 0 Å². The maximum absolute atomic E-state index is 6.57. The molecule has 3 nitrogen and oxygen atoms in total. The fourth-order valence-corrected chi connectivity index (χ4v) is 15.3. The second-order valence-electron chi connectivity index (χ2n) is 25.8. The second-order valence-corrected chi connectivity index (χ2v) is 25.8. The van der Waals surface area contributed by atoms with Crippen molar-refractivity contribution in [2.45, 2.75) is 20.8 Å². The molecule has 17 aromatic carbocycles. The maximum Gasteiger partial charge on any atom is 0.143 e. The predicted molar refractivity (Wildman–Crippen MR) is 416 cm³/mol. The van der Waals surface area contributed by atoms with E-state index in [1.54, 1.807) is 0 Å². The van der Waals surface area contributed by atoms with E-state index in [2.05, 4.69) is 354 Å². The molecule has 0 saturated heterocycles. The number of hydrogen-bond acceptors (Lipinski definition) is 3. The zero-order valence-electron chi connectivity index (χ0n) is 54.5. The minimum absolute atomic E-state index is 0.954. The lowest BCUT2D eigenvalue weighted by atomic mass is 9.93. The van der Waals surface area contributed by atoms with Crippen molar-refractivity contribution in [3.05, 3.63) is 350 Å². The number of aryl methyl sites for hydroxylation is 3.